The van der Waals surface area contributed by atoms with Crippen LogP contribution in [-0.4, -0.2) is 10.8 Å². The van der Waals surface area contributed by atoms with Crippen molar-refractivity contribution in [2.75, 3.05) is 7.05 Å². The summed E-state index contributed by atoms with van der Waals surface area (Å²) in [4.78, 5) is 4.06. The van der Waals surface area contributed by atoms with Gasteiger partial charge in [-0.2, -0.15) is 0 Å². The molecule has 0 saturated carbocycles. The molecule has 0 aliphatic rings. The minimum atomic E-state index is 1.05. The first kappa shape index (κ1) is 7.72. The molecule has 0 aliphatic carbocycles. The van der Waals surface area contributed by atoms with Crippen molar-refractivity contribution >= 4 is 26.3 Å². The van der Waals surface area contributed by atoms with Crippen LogP contribution >= 0.6 is 22.6 Å². The van der Waals surface area contributed by atoms with E-state index in [1.54, 1.807) is 7.05 Å². The van der Waals surface area contributed by atoms with Crippen LogP contribution in [0.3, 0.4) is 0 Å². The second-order valence-corrected chi connectivity index (χ2v) is 2.90. The molecule has 10 heavy (non-hydrogen) atoms. The lowest BCUT2D eigenvalue weighted by molar-refractivity contribution is 1.46. The van der Waals surface area contributed by atoms with Gasteiger partial charge in [0.2, 0.25) is 0 Å². The highest BCUT2D eigenvalue weighted by Gasteiger charge is 1.92. The Bertz CT molecular complexity index is 228. The normalized spacial score (nSPS) is 11.6. The van der Waals surface area contributed by atoms with Crippen molar-refractivity contribution < 1.29 is 0 Å². The first-order valence-electron chi connectivity index (χ1n) is 3.02. The highest BCUT2D eigenvalue weighted by molar-refractivity contribution is 14.1. The zero-order valence-corrected chi connectivity index (χ0v) is 7.87. The Morgan fingerprint density at radius 3 is 2.40 bits per heavy atom. The molecule has 1 aromatic rings. The summed E-state index contributed by atoms with van der Waals surface area (Å²) >= 11 is 2.22. The number of nitrogens with zero attached hydrogens (tertiary/aromatic N) is 1. The molecule has 0 bridgehead atoms. The molecule has 0 aliphatic heterocycles. The molecule has 1 rings (SSSR count). The Balaban J connectivity index is 2.96. The summed E-state index contributed by atoms with van der Waals surface area (Å²) in [5, 5.41) is 0. The Morgan fingerprint density at radius 1 is 1.30 bits per heavy atom. The van der Waals surface area contributed by atoms with Crippen LogP contribution in [0.25, 0.3) is 0 Å². The molecule has 2 heteroatoms. The molecule has 0 heterocycles. The van der Waals surface area contributed by atoms with Gasteiger partial charge in [-0.05, 0) is 22.6 Å². The van der Waals surface area contributed by atoms with Crippen molar-refractivity contribution in [2.45, 2.75) is 0 Å². The number of hydrogen-bond acceptors (Lipinski definition) is 1. The maximum Gasteiger partial charge on any atom is 0.102 e. The van der Waals surface area contributed by atoms with Crippen LogP contribution in [0, 0.1) is 0 Å². The van der Waals surface area contributed by atoms with Gasteiger partial charge in [0.05, 0.1) is 0 Å². The molecule has 0 fully saturated rings. The SMILES string of the molecule is C/N=C(\I)c1ccccc1. The van der Waals surface area contributed by atoms with E-state index in [9.17, 15) is 0 Å². The highest BCUT2D eigenvalue weighted by Crippen LogP contribution is 2.05. The maximum absolute atomic E-state index is 4.06. The van der Waals surface area contributed by atoms with E-state index >= 15 is 0 Å². The summed E-state index contributed by atoms with van der Waals surface area (Å²) in [5.41, 5.74) is 1.19. The van der Waals surface area contributed by atoms with Gasteiger partial charge in [0.25, 0.3) is 0 Å². The van der Waals surface area contributed by atoms with Gasteiger partial charge in [0, 0.05) is 12.6 Å². The van der Waals surface area contributed by atoms with Crippen LogP contribution in [0.15, 0.2) is 35.3 Å². The number of halogens is 1. The van der Waals surface area contributed by atoms with Crippen LogP contribution in [0.4, 0.5) is 0 Å². The van der Waals surface area contributed by atoms with Crippen LogP contribution in [0.5, 0.6) is 0 Å². The lowest BCUT2D eigenvalue weighted by atomic mass is 10.2. The number of rotatable bonds is 1. The summed E-state index contributed by atoms with van der Waals surface area (Å²) in [6.07, 6.45) is 0. The van der Waals surface area contributed by atoms with Crippen LogP contribution in [0.2, 0.25) is 0 Å². The third-order valence-electron chi connectivity index (χ3n) is 1.21. The van der Waals surface area contributed by atoms with Gasteiger partial charge in [0.15, 0.2) is 0 Å². The third kappa shape index (κ3) is 1.80. The Morgan fingerprint density at radius 2 is 1.90 bits per heavy atom. The van der Waals surface area contributed by atoms with Crippen LogP contribution in [-0.2, 0) is 0 Å². The molecule has 0 spiro atoms. The standard InChI is InChI=1S/C8H8IN/c1-10-8(9)7-5-3-2-4-6-7/h2-6H,1H3/b10-8-. The lowest BCUT2D eigenvalue weighted by Gasteiger charge is -1.94. The van der Waals surface area contributed by atoms with Gasteiger partial charge in [-0.3, -0.25) is 4.99 Å². The zero-order valence-electron chi connectivity index (χ0n) is 5.71. The largest absolute Gasteiger partial charge is 0.282 e. The van der Waals surface area contributed by atoms with Crippen molar-refractivity contribution in [1.82, 2.24) is 0 Å². The third-order valence-corrected chi connectivity index (χ3v) is 2.31. The Hall–Kier alpha value is -0.380. The van der Waals surface area contributed by atoms with Crippen molar-refractivity contribution in [1.29, 1.82) is 0 Å². The molecule has 1 aromatic carbocycles. The van der Waals surface area contributed by atoms with Gasteiger partial charge in [0.1, 0.15) is 3.72 Å². The van der Waals surface area contributed by atoms with E-state index in [2.05, 4.69) is 39.7 Å². The quantitative estimate of drug-likeness (QED) is 0.532. The molecule has 52 valence electrons. The minimum Gasteiger partial charge on any atom is -0.282 e. The van der Waals surface area contributed by atoms with Crippen molar-refractivity contribution in [3.05, 3.63) is 35.9 Å². The fourth-order valence-electron chi connectivity index (χ4n) is 0.705. The summed E-state index contributed by atoms with van der Waals surface area (Å²) in [7, 11) is 1.80. The van der Waals surface area contributed by atoms with E-state index in [-0.39, 0.29) is 0 Å². The van der Waals surface area contributed by atoms with Crippen LogP contribution in [0.1, 0.15) is 5.56 Å². The van der Waals surface area contributed by atoms with Crippen molar-refractivity contribution in [3.8, 4) is 0 Å². The van der Waals surface area contributed by atoms with Gasteiger partial charge < -0.3 is 0 Å². The minimum absolute atomic E-state index is 1.05. The van der Waals surface area contributed by atoms with Gasteiger partial charge in [-0.25, -0.2) is 0 Å². The molecule has 0 atom stereocenters. The number of aliphatic imine (C=N–C) groups is 1. The average Bonchev–Trinajstić information content (AvgIpc) is 2.05. The van der Waals surface area contributed by atoms with E-state index in [1.807, 2.05) is 18.2 Å². The second-order valence-electron chi connectivity index (χ2n) is 1.88. The molecule has 0 unspecified atom stereocenters. The van der Waals surface area contributed by atoms with E-state index in [1.165, 1.54) is 5.56 Å². The zero-order chi connectivity index (χ0) is 7.40. The van der Waals surface area contributed by atoms with E-state index in [0.29, 0.717) is 0 Å². The van der Waals surface area contributed by atoms with Gasteiger partial charge in [-0.15, -0.1) is 0 Å². The van der Waals surface area contributed by atoms with E-state index in [0.717, 1.165) is 3.72 Å². The fourth-order valence-corrected chi connectivity index (χ4v) is 1.06. The lowest BCUT2D eigenvalue weighted by Crippen LogP contribution is -1.87. The average molecular weight is 245 g/mol. The van der Waals surface area contributed by atoms with E-state index in [4.69, 9.17) is 0 Å². The topological polar surface area (TPSA) is 12.4 Å². The summed E-state index contributed by atoms with van der Waals surface area (Å²) in [6.45, 7) is 0. The van der Waals surface area contributed by atoms with Crippen molar-refractivity contribution in [2.24, 2.45) is 4.99 Å². The number of hydrogen-bond donors (Lipinski definition) is 0. The fraction of sp³-hybridized carbons (Fsp3) is 0.125. The maximum atomic E-state index is 4.06. The monoisotopic (exact) mass is 245 g/mol. The molecule has 0 N–H and O–H groups in total. The predicted octanol–water partition coefficient (Wildman–Crippen LogP) is 2.50. The molecule has 0 saturated heterocycles. The molecular weight excluding hydrogens is 237 g/mol. The summed E-state index contributed by atoms with van der Waals surface area (Å²) in [5.74, 6) is 0. The highest BCUT2D eigenvalue weighted by atomic mass is 127. The van der Waals surface area contributed by atoms with Crippen molar-refractivity contribution in [3.63, 3.8) is 0 Å². The molecule has 0 aromatic heterocycles. The Kier molecular flexibility index (Phi) is 2.86. The van der Waals surface area contributed by atoms with Crippen LogP contribution < -0.4 is 0 Å². The van der Waals surface area contributed by atoms with Gasteiger partial charge >= 0.3 is 0 Å². The Labute approximate surface area is 74.3 Å². The van der Waals surface area contributed by atoms with E-state index < -0.39 is 0 Å². The number of benzene rings is 1. The predicted molar refractivity (Wildman–Crippen MR) is 52.9 cm³/mol. The van der Waals surface area contributed by atoms with Gasteiger partial charge in [-0.1, -0.05) is 30.3 Å². The molecule has 0 radical (unpaired) electrons. The first-order chi connectivity index (χ1) is 4.84. The smallest absolute Gasteiger partial charge is 0.102 e. The molecule has 1 nitrogen and oxygen atoms in total. The second kappa shape index (κ2) is 3.71. The first-order valence-corrected chi connectivity index (χ1v) is 4.10. The molecular formula is C8H8IN. The summed E-state index contributed by atoms with van der Waals surface area (Å²) < 4.78 is 1.05. The summed E-state index contributed by atoms with van der Waals surface area (Å²) in [6, 6.07) is 10.1. The molecule has 0 amide bonds.